The number of aryl methyl sites for hydroxylation is 1. The van der Waals surface area contributed by atoms with Gasteiger partial charge in [-0.15, -0.1) is 5.10 Å². The van der Waals surface area contributed by atoms with Crippen LogP contribution in [0.3, 0.4) is 0 Å². The quantitative estimate of drug-likeness (QED) is 0.732. The van der Waals surface area contributed by atoms with Crippen molar-refractivity contribution in [1.29, 1.82) is 0 Å². The summed E-state index contributed by atoms with van der Waals surface area (Å²) < 4.78 is 5.48. The number of nitrogens with two attached hydrogens (primary N) is 1. The first-order chi connectivity index (χ1) is 6.81. The van der Waals surface area contributed by atoms with Gasteiger partial charge in [0.15, 0.2) is 0 Å². The van der Waals surface area contributed by atoms with Gasteiger partial charge in [0.25, 0.3) is 0 Å². The van der Waals surface area contributed by atoms with Crippen LogP contribution in [0.2, 0.25) is 0 Å². The number of anilines is 1. The van der Waals surface area contributed by atoms with Gasteiger partial charge in [0.2, 0.25) is 5.89 Å². The lowest BCUT2D eigenvalue weighted by Gasteiger charge is -2.13. The molecule has 0 saturated carbocycles. The summed E-state index contributed by atoms with van der Waals surface area (Å²) in [6, 6.07) is 0.613. The van der Waals surface area contributed by atoms with E-state index in [2.05, 4.69) is 24.0 Å². The molecule has 2 N–H and O–H groups in total. The van der Waals surface area contributed by atoms with Crippen LogP contribution in [0.15, 0.2) is 4.42 Å². The Balaban J connectivity index is 2.57. The van der Waals surface area contributed by atoms with Crippen LogP contribution < -0.4 is 10.6 Å². The molecule has 0 radical (unpaired) electrons. The van der Waals surface area contributed by atoms with Crippen molar-refractivity contribution in [3.05, 3.63) is 5.89 Å². The van der Waals surface area contributed by atoms with Gasteiger partial charge in [-0.1, -0.05) is 5.10 Å². The van der Waals surface area contributed by atoms with Crippen molar-refractivity contribution in [1.82, 2.24) is 10.2 Å². The molecule has 1 rings (SSSR count). The van der Waals surface area contributed by atoms with E-state index in [1.807, 2.05) is 4.90 Å². The monoisotopic (exact) mass is 198 g/mol. The van der Waals surface area contributed by atoms with Crippen LogP contribution in [0.1, 0.15) is 26.2 Å². The summed E-state index contributed by atoms with van der Waals surface area (Å²) in [7, 11) is 0. The van der Waals surface area contributed by atoms with E-state index in [1.165, 1.54) is 0 Å². The Morgan fingerprint density at radius 1 is 1.29 bits per heavy atom. The second-order valence-electron chi connectivity index (χ2n) is 3.04. The SMILES string of the molecule is CCN(CC)c1nnc(CCCN)o1. The number of hydrogen-bond acceptors (Lipinski definition) is 5. The van der Waals surface area contributed by atoms with E-state index in [4.69, 9.17) is 10.2 Å². The molecule has 5 heteroatoms. The molecule has 0 amide bonds. The van der Waals surface area contributed by atoms with Crippen molar-refractivity contribution in [3.63, 3.8) is 0 Å². The Labute approximate surface area is 84.3 Å². The highest BCUT2D eigenvalue weighted by Crippen LogP contribution is 2.12. The van der Waals surface area contributed by atoms with Crippen LogP contribution in [-0.4, -0.2) is 29.8 Å². The molecule has 1 heterocycles. The van der Waals surface area contributed by atoms with E-state index in [1.54, 1.807) is 0 Å². The van der Waals surface area contributed by atoms with Gasteiger partial charge in [0.1, 0.15) is 0 Å². The molecular formula is C9H18N4O. The fraction of sp³-hybridized carbons (Fsp3) is 0.778. The van der Waals surface area contributed by atoms with Gasteiger partial charge in [-0.2, -0.15) is 0 Å². The molecule has 0 atom stereocenters. The molecule has 0 aliphatic heterocycles. The van der Waals surface area contributed by atoms with Crippen LogP contribution in [0.5, 0.6) is 0 Å². The van der Waals surface area contributed by atoms with Gasteiger partial charge >= 0.3 is 6.01 Å². The topological polar surface area (TPSA) is 68.2 Å². The molecule has 0 saturated heterocycles. The molecule has 14 heavy (non-hydrogen) atoms. The largest absolute Gasteiger partial charge is 0.408 e. The average Bonchev–Trinajstić information content (AvgIpc) is 2.65. The van der Waals surface area contributed by atoms with Crippen molar-refractivity contribution in [2.45, 2.75) is 26.7 Å². The lowest BCUT2D eigenvalue weighted by atomic mass is 10.3. The summed E-state index contributed by atoms with van der Waals surface area (Å²) in [5, 5.41) is 7.94. The predicted molar refractivity (Wildman–Crippen MR) is 55.2 cm³/mol. The summed E-state index contributed by atoms with van der Waals surface area (Å²) in [4.78, 5) is 2.03. The molecule has 0 spiro atoms. The fourth-order valence-corrected chi connectivity index (χ4v) is 1.22. The van der Waals surface area contributed by atoms with E-state index in [9.17, 15) is 0 Å². The van der Waals surface area contributed by atoms with Gasteiger partial charge in [-0.05, 0) is 26.8 Å². The Kier molecular flexibility index (Phi) is 4.39. The summed E-state index contributed by atoms with van der Waals surface area (Å²) in [6.07, 6.45) is 1.66. The van der Waals surface area contributed by atoms with E-state index in [-0.39, 0.29) is 0 Å². The van der Waals surface area contributed by atoms with E-state index in [0.717, 1.165) is 25.9 Å². The van der Waals surface area contributed by atoms with Crippen molar-refractivity contribution in [3.8, 4) is 0 Å². The number of rotatable bonds is 6. The van der Waals surface area contributed by atoms with E-state index in [0.29, 0.717) is 18.5 Å². The summed E-state index contributed by atoms with van der Waals surface area (Å²) >= 11 is 0. The summed E-state index contributed by atoms with van der Waals surface area (Å²) in [5.41, 5.74) is 5.40. The van der Waals surface area contributed by atoms with Crippen molar-refractivity contribution < 1.29 is 4.42 Å². The minimum absolute atomic E-state index is 0.613. The standard InChI is InChI=1S/C9H18N4O/c1-3-13(4-2)9-12-11-8(14-9)6-5-7-10/h3-7,10H2,1-2H3. The zero-order chi connectivity index (χ0) is 10.4. The number of hydrogen-bond donors (Lipinski definition) is 1. The van der Waals surface area contributed by atoms with Crippen LogP contribution >= 0.6 is 0 Å². The zero-order valence-corrected chi connectivity index (χ0v) is 8.86. The minimum Gasteiger partial charge on any atom is -0.408 e. The van der Waals surface area contributed by atoms with Gasteiger partial charge in [-0.3, -0.25) is 0 Å². The molecule has 1 aromatic rings. The molecule has 80 valence electrons. The highest BCUT2D eigenvalue weighted by atomic mass is 16.4. The van der Waals surface area contributed by atoms with Gasteiger partial charge < -0.3 is 15.1 Å². The maximum atomic E-state index is 5.48. The van der Waals surface area contributed by atoms with Crippen LogP contribution in [0, 0.1) is 0 Å². The maximum absolute atomic E-state index is 5.48. The first-order valence-corrected chi connectivity index (χ1v) is 5.09. The van der Waals surface area contributed by atoms with Crippen molar-refractivity contribution >= 4 is 6.01 Å². The second-order valence-corrected chi connectivity index (χ2v) is 3.04. The lowest BCUT2D eigenvalue weighted by molar-refractivity contribution is 0.480. The molecule has 0 fully saturated rings. The van der Waals surface area contributed by atoms with Crippen molar-refractivity contribution in [2.75, 3.05) is 24.5 Å². The van der Waals surface area contributed by atoms with E-state index < -0.39 is 0 Å². The second kappa shape index (κ2) is 5.59. The van der Waals surface area contributed by atoms with Gasteiger partial charge in [-0.25, -0.2) is 0 Å². The number of aromatic nitrogens is 2. The first-order valence-electron chi connectivity index (χ1n) is 5.09. The Morgan fingerprint density at radius 3 is 2.57 bits per heavy atom. The third-order valence-corrected chi connectivity index (χ3v) is 2.08. The Morgan fingerprint density at radius 2 is 2.00 bits per heavy atom. The third-order valence-electron chi connectivity index (χ3n) is 2.08. The van der Waals surface area contributed by atoms with Crippen LogP contribution in [0.25, 0.3) is 0 Å². The molecular weight excluding hydrogens is 180 g/mol. The lowest BCUT2D eigenvalue weighted by Crippen LogP contribution is -2.22. The van der Waals surface area contributed by atoms with Crippen molar-refractivity contribution in [2.24, 2.45) is 5.73 Å². The highest BCUT2D eigenvalue weighted by molar-refractivity contribution is 5.22. The third kappa shape index (κ3) is 2.70. The maximum Gasteiger partial charge on any atom is 0.318 e. The predicted octanol–water partition coefficient (Wildman–Crippen LogP) is 0.807. The van der Waals surface area contributed by atoms with Crippen LogP contribution in [-0.2, 0) is 6.42 Å². The van der Waals surface area contributed by atoms with Crippen LogP contribution in [0.4, 0.5) is 6.01 Å². The first kappa shape index (κ1) is 11.0. The molecule has 5 nitrogen and oxygen atoms in total. The molecule has 0 bridgehead atoms. The summed E-state index contributed by atoms with van der Waals surface area (Å²) in [6.45, 7) is 6.55. The molecule has 0 aliphatic rings. The Bertz CT molecular complexity index is 257. The highest BCUT2D eigenvalue weighted by Gasteiger charge is 2.10. The molecule has 0 unspecified atom stereocenters. The van der Waals surface area contributed by atoms with Gasteiger partial charge in [0, 0.05) is 19.5 Å². The molecule has 1 aromatic heterocycles. The zero-order valence-electron chi connectivity index (χ0n) is 8.86. The average molecular weight is 198 g/mol. The van der Waals surface area contributed by atoms with Gasteiger partial charge in [0.05, 0.1) is 0 Å². The Hall–Kier alpha value is -1.10. The fourth-order valence-electron chi connectivity index (χ4n) is 1.22. The normalized spacial score (nSPS) is 10.5. The molecule has 0 aromatic carbocycles. The smallest absolute Gasteiger partial charge is 0.318 e. The molecule has 0 aliphatic carbocycles. The van der Waals surface area contributed by atoms with E-state index >= 15 is 0 Å². The number of nitrogens with zero attached hydrogens (tertiary/aromatic N) is 3. The summed E-state index contributed by atoms with van der Waals surface area (Å²) in [5.74, 6) is 0.678. The minimum atomic E-state index is 0.613.